The summed E-state index contributed by atoms with van der Waals surface area (Å²) in [5, 5.41) is 0. The molecule has 0 aliphatic carbocycles. The van der Waals surface area contributed by atoms with Crippen molar-refractivity contribution in [1.29, 1.82) is 0 Å². The van der Waals surface area contributed by atoms with E-state index in [0.717, 1.165) is 4.90 Å². The monoisotopic (exact) mass is 251 g/mol. The average molecular weight is 251 g/mol. The van der Waals surface area contributed by atoms with Crippen LogP contribution < -0.4 is 4.90 Å². The van der Waals surface area contributed by atoms with Crippen LogP contribution in [0.1, 0.15) is 0 Å². The Labute approximate surface area is 92.7 Å². The Morgan fingerprint density at radius 3 is 1.86 bits per heavy atom. The summed E-state index contributed by atoms with van der Waals surface area (Å²) in [7, 11) is 0. The summed E-state index contributed by atoms with van der Waals surface area (Å²) < 4.78 is 0. The van der Waals surface area contributed by atoms with Gasteiger partial charge in [0, 0.05) is 12.2 Å². The van der Waals surface area contributed by atoms with E-state index < -0.39 is 0 Å². The van der Waals surface area contributed by atoms with Crippen LogP contribution >= 0.6 is 0 Å². The Balaban J connectivity index is 0.000000980. The molecule has 1 aliphatic heterocycles. The van der Waals surface area contributed by atoms with Gasteiger partial charge in [0.1, 0.15) is 0 Å². The quantitative estimate of drug-likeness (QED) is 0.517. The van der Waals surface area contributed by atoms with Crippen molar-refractivity contribution in [3.63, 3.8) is 0 Å². The second kappa shape index (κ2) is 4.25. The Morgan fingerprint density at radius 2 is 1.36 bits per heavy atom. The Morgan fingerprint density at radius 1 is 0.857 bits per heavy atom. The van der Waals surface area contributed by atoms with Crippen LogP contribution in [0, 0.1) is 0 Å². The van der Waals surface area contributed by atoms with Crippen LogP contribution in [0.5, 0.6) is 0 Å². The molecule has 0 N–H and O–H groups in total. The van der Waals surface area contributed by atoms with E-state index in [2.05, 4.69) is 0 Å². The summed E-state index contributed by atoms with van der Waals surface area (Å²) in [6, 6.07) is 8.86. The number of carbonyl (C=O) groups is 2. The van der Waals surface area contributed by atoms with Crippen molar-refractivity contribution in [2.45, 2.75) is 0 Å². The summed E-state index contributed by atoms with van der Waals surface area (Å²) >= 11 is 0. The van der Waals surface area contributed by atoms with Crippen molar-refractivity contribution in [3.8, 4) is 0 Å². The molecule has 1 heterocycles. The molecule has 0 radical (unpaired) electrons. The van der Waals surface area contributed by atoms with Gasteiger partial charge in [-0.2, -0.15) is 0 Å². The number of anilines is 1. The molecule has 2 amide bonds. The summed E-state index contributed by atoms with van der Waals surface area (Å²) in [6.07, 6.45) is 2.55. The molecule has 0 fully saturated rings. The van der Waals surface area contributed by atoms with E-state index in [1.165, 1.54) is 12.2 Å². The second-order valence-corrected chi connectivity index (χ2v) is 2.68. The van der Waals surface area contributed by atoms with Crippen LogP contribution in [0.15, 0.2) is 42.5 Å². The molecule has 4 heteroatoms. The SMILES string of the molecule is O=C1C=CC(=O)N1c1ccccc1.[AsH3]. The molecule has 2 rings (SSSR count). The molecule has 0 aromatic heterocycles. The van der Waals surface area contributed by atoms with Crippen LogP contribution in [-0.2, 0) is 9.59 Å². The van der Waals surface area contributed by atoms with Crippen molar-refractivity contribution in [3.05, 3.63) is 42.5 Å². The molecule has 1 atom stereocenters. The number of hydrogen-bond donors (Lipinski definition) is 0. The summed E-state index contributed by atoms with van der Waals surface area (Å²) in [5.41, 5.74) is 0.613. The number of imide groups is 1. The van der Waals surface area contributed by atoms with Crippen molar-refractivity contribution >= 4 is 35.5 Å². The summed E-state index contributed by atoms with van der Waals surface area (Å²) in [4.78, 5) is 23.5. The first-order valence-electron chi connectivity index (χ1n) is 3.90. The molecule has 0 bridgehead atoms. The number of amides is 2. The zero-order valence-electron chi connectivity index (χ0n) is 7.51. The molecule has 0 spiro atoms. The molecule has 1 aliphatic rings. The van der Waals surface area contributed by atoms with Crippen LogP contribution in [0.25, 0.3) is 0 Å². The van der Waals surface area contributed by atoms with Gasteiger partial charge in [0.2, 0.25) is 0 Å². The van der Waals surface area contributed by atoms with Crippen LogP contribution in [-0.4, -0.2) is 29.8 Å². The minimum atomic E-state index is -0.281. The molecule has 72 valence electrons. The predicted octanol–water partition coefficient (Wildman–Crippen LogP) is -0.0679. The first kappa shape index (κ1) is 10.7. The van der Waals surface area contributed by atoms with Gasteiger partial charge in [-0.15, -0.1) is 0 Å². The van der Waals surface area contributed by atoms with Gasteiger partial charge in [-0.3, -0.25) is 9.59 Å². The van der Waals surface area contributed by atoms with Gasteiger partial charge in [0.05, 0.1) is 5.69 Å². The number of hydrogen-bond acceptors (Lipinski definition) is 2. The maximum atomic E-state index is 11.2. The Kier molecular flexibility index (Phi) is 3.26. The number of rotatable bonds is 1. The van der Waals surface area contributed by atoms with Gasteiger partial charge < -0.3 is 0 Å². The van der Waals surface area contributed by atoms with E-state index in [1.807, 2.05) is 6.07 Å². The Bertz CT molecular complexity index is 368. The minimum absolute atomic E-state index is 0. The maximum absolute atomic E-state index is 11.2. The predicted molar refractivity (Wildman–Crippen MR) is 58.0 cm³/mol. The number of carbonyl (C=O) groups excluding carboxylic acids is 2. The second-order valence-electron chi connectivity index (χ2n) is 2.68. The van der Waals surface area contributed by atoms with Crippen LogP contribution in [0.2, 0.25) is 0 Å². The standard InChI is InChI=1S/C10H7NO2.AsH3/c12-9-6-7-10(13)11(9)8-4-2-1-3-5-8;/h1-7H;1H3. The van der Waals surface area contributed by atoms with E-state index in [-0.39, 0.29) is 29.8 Å². The fourth-order valence-electron chi connectivity index (χ4n) is 1.23. The zero-order chi connectivity index (χ0) is 9.26. The summed E-state index contributed by atoms with van der Waals surface area (Å²) in [6.45, 7) is 0. The van der Waals surface area contributed by atoms with Crippen LogP contribution in [0.4, 0.5) is 5.69 Å². The molecule has 1 aromatic rings. The molecular formula is C10H10AsNO2. The molecule has 1 aromatic carbocycles. The van der Waals surface area contributed by atoms with Gasteiger partial charge in [-0.1, -0.05) is 18.2 Å². The molecule has 0 saturated carbocycles. The van der Waals surface area contributed by atoms with Gasteiger partial charge in [0.25, 0.3) is 11.8 Å². The molecule has 0 saturated heterocycles. The van der Waals surface area contributed by atoms with E-state index >= 15 is 0 Å². The van der Waals surface area contributed by atoms with E-state index in [1.54, 1.807) is 24.3 Å². The van der Waals surface area contributed by atoms with Gasteiger partial charge in [0.15, 0.2) is 0 Å². The van der Waals surface area contributed by atoms with E-state index in [4.69, 9.17) is 0 Å². The Hall–Kier alpha value is -1.34. The fourth-order valence-corrected chi connectivity index (χ4v) is 1.23. The van der Waals surface area contributed by atoms with Crippen molar-refractivity contribution in [2.75, 3.05) is 4.90 Å². The van der Waals surface area contributed by atoms with Crippen molar-refractivity contribution in [2.24, 2.45) is 0 Å². The normalized spacial score (nSPS) is 14.4. The third-order valence-electron chi connectivity index (χ3n) is 1.82. The summed E-state index contributed by atoms with van der Waals surface area (Å²) in [5.74, 6) is -0.563. The molecule has 3 nitrogen and oxygen atoms in total. The molecule has 14 heavy (non-hydrogen) atoms. The van der Waals surface area contributed by atoms with E-state index in [9.17, 15) is 9.59 Å². The number of nitrogens with zero attached hydrogens (tertiary/aromatic N) is 1. The average Bonchev–Trinajstić information content (AvgIpc) is 2.48. The van der Waals surface area contributed by atoms with Crippen molar-refractivity contribution in [1.82, 2.24) is 0 Å². The van der Waals surface area contributed by atoms with Gasteiger partial charge in [-0.25, -0.2) is 4.90 Å². The molecular weight excluding hydrogens is 241 g/mol. The first-order chi connectivity index (χ1) is 6.29. The number of para-hydroxylation sites is 1. The van der Waals surface area contributed by atoms with Gasteiger partial charge in [-0.05, 0) is 12.1 Å². The third kappa shape index (κ3) is 1.78. The first-order valence-corrected chi connectivity index (χ1v) is 3.90. The zero-order valence-corrected chi connectivity index (χ0v) is 10.5. The topological polar surface area (TPSA) is 37.4 Å². The van der Waals surface area contributed by atoms with Crippen LogP contribution in [0.3, 0.4) is 0 Å². The fraction of sp³-hybridized carbons (Fsp3) is 0. The molecule has 1 unspecified atom stereocenters. The van der Waals surface area contributed by atoms with Crippen molar-refractivity contribution < 1.29 is 9.59 Å². The third-order valence-corrected chi connectivity index (χ3v) is 1.82. The van der Waals surface area contributed by atoms with Gasteiger partial charge >= 0.3 is 18.0 Å². The van der Waals surface area contributed by atoms with E-state index in [0.29, 0.717) is 5.69 Å². The number of benzene rings is 1.